The van der Waals surface area contributed by atoms with E-state index >= 15 is 0 Å². The zero-order valence-electron chi connectivity index (χ0n) is 37.6. The lowest BCUT2D eigenvalue weighted by Crippen LogP contribution is -2.44. The third-order valence-electron chi connectivity index (χ3n) is 11.8. The standard InChI is InChI=1S/C51H99NO4/c1-2-3-4-5-6-7-8-9-10-11-18-21-24-27-30-33-36-39-42-45-50(55)49(48-54)52-51(56)46-43-40-37-34-31-28-25-22-19-16-14-12-13-15-17-20-23-26-29-32-35-38-41-44-47-53/h42-43,45-46,49-50,53-55H,2-41,44,47-48H2,1H3,(H,52,56). The number of carbonyl (C=O) groups is 1. The smallest absolute Gasteiger partial charge is 0.244 e. The minimum Gasteiger partial charge on any atom is -0.396 e. The fourth-order valence-electron chi connectivity index (χ4n) is 7.93. The van der Waals surface area contributed by atoms with Crippen molar-refractivity contribution in [1.29, 1.82) is 0 Å². The van der Waals surface area contributed by atoms with Crippen molar-refractivity contribution in [2.45, 2.75) is 282 Å². The molecule has 0 bridgehead atoms. The summed E-state index contributed by atoms with van der Waals surface area (Å²) in [7, 11) is 0. The van der Waals surface area contributed by atoms with E-state index in [1.54, 1.807) is 12.2 Å². The molecule has 0 rings (SSSR count). The minimum absolute atomic E-state index is 0.242. The summed E-state index contributed by atoms with van der Waals surface area (Å²) in [6.07, 6.45) is 60.7. The van der Waals surface area contributed by atoms with E-state index in [1.807, 2.05) is 12.2 Å². The first-order valence-electron chi connectivity index (χ1n) is 25.2. The molecule has 0 radical (unpaired) electrons. The Morgan fingerprint density at radius 1 is 0.429 bits per heavy atom. The first-order chi connectivity index (χ1) is 27.7. The highest BCUT2D eigenvalue weighted by atomic mass is 16.3. The predicted octanol–water partition coefficient (Wildman–Crippen LogP) is 14.9. The first kappa shape index (κ1) is 54.8. The fourth-order valence-corrected chi connectivity index (χ4v) is 7.93. The minimum atomic E-state index is -0.872. The van der Waals surface area contributed by atoms with Gasteiger partial charge in [0.25, 0.3) is 0 Å². The lowest BCUT2D eigenvalue weighted by Gasteiger charge is -2.18. The lowest BCUT2D eigenvalue weighted by atomic mass is 10.0. The summed E-state index contributed by atoms with van der Waals surface area (Å²) in [6.45, 7) is 2.36. The SMILES string of the molecule is CCCCCCCCCCCCCCCCCCCC=CC(O)C(CO)NC(=O)C=CCCCCCCCCCCCCCCCCCCCCCCCCO. The van der Waals surface area contributed by atoms with Crippen molar-refractivity contribution in [3.05, 3.63) is 24.3 Å². The van der Waals surface area contributed by atoms with E-state index in [0.717, 1.165) is 32.1 Å². The Hall–Kier alpha value is -1.17. The third kappa shape index (κ3) is 43.9. The van der Waals surface area contributed by atoms with Gasteiger partial charge in [-0.05, 0) is 38.2 Å². The summed E-state index contributed by atoms with van der Waals surface area (Å²) in [6, 6.07) is -0.673. The average Bonchev–Trinajstić information content (AvgIpc) is 3.20. The number of unbranched alkanes of at least 4 members (excludes halogenated alkanes) is 39. The second kappa shape index (κ2) is 48.2. The number of hydrogen-bond donors (Lipinski definition) is 4. The Morgan fingerprint density at radius 3 is 1.02 bits per heavy atom. The molecule has 2 unspecified atom stereocenters. The van der Waals surface area contributed by atoms with Crippen LogP contribution in [0, 0.1) is 0 Å². The van der Waals surface area contributed by atoms with Gasteiger partial charge in [-0.15, -0.1) is 0 Å². The maximum absolute atomic E-state index is 12.3. The Bertz CT molecular complexity index is 814. The van der Waals surface area contributed by atoms with Crippen LogP contribution in [0.3, 0.4) is 0 Å². The molecule has 56 heavy (non-hydrogen) atoms. The summed E-state index contributed by atoms with van der Waals surface area (Å²) in [4.78, 5) is 12.3. The van der Waals surface area contributed by atoms with Gasteiger partial charge in [0.15, 0.2) is 0 Å². The van der Waals surface area contributed by atoms with Crippen LogP contribution in [0.25, 0.3) is 0 Å². The van der Waals surface area contributed by atoms with E-state index in [0.29, 0.717) is 6.61 Å². The van der Waals surface area contributed by atoms with Crippen molar-refractivity contribution >= 4 is 5.91 Å². The van der Waals surface area contributed by atoms with Gasteiger partial charge in [-0.1, -0.05) is 256 Å². The Kier molecular flexibility index (Phi) is 47.2. The Labute approximate surface area is 350 Å². The molecule has 0 heterocycles. The van der Waals surface area contributed by atoms with E-state index in [2.05, 4.69) is 12.2 Å². The largest absolute Gasteiger partial charge is 0.396 e. The molecule has 2 atom stereocenters. The van der Waals surface area contributed by atoms with Gasteiger partial charge in [-0.25, -0.2) is 0 Å². The monoisotopic (exact) mass is 790 g/mol. The summed E-state index contributed by atoms with van der Waals surface area (Å²) in [5.41, 5.74) is 0. The van der Waals surface area contributed by atoms with Crippen molar-refractivity contribution in [2.75, 3.05) is 13.2 Å². The van der Waals surface area contributed by atoms with Gasteiger partial charge >= 0.3 is 0 Å². The van der Waals surface area contributed by atoms with E-state index < -0.39 is 12.1 Å². The number of rotatable bonds is 47. The number of carbonyl (C=O) groups excluding carboxylic acids is 1. The van der Waals surface area contributed by atoms with Crippen LogP contribution in [-0.2, 0) is 4.79 Å². The number of amides is 1. The van der Waals surface area contributed by atoms with E-state index in [1.165, 1.54) is 231 Å². The number of aliphatic hydroxyl groups is 3. The maximum Gasteiger partial charge on any atom is 0.244 e. The molecular formula is C51H99NO4. The molecule has 0 aromatic heterocycles. The van der Waals surface area contributed by atoms with E-state index in [-0.39, 0.29) is 12.5 Å². The van der Waals surface area contributed by atoms with Crippen LogP contribution in [0.4, 0.5) is 0 Å². The zero-order valence-corrected chi connectivity index (χ0v) is 37.6. The highest BCUT2D eigenvalue weighted by Crippen LogP contribution is 2.17. The third-order valence-corrected chi connectivity index (χ3v) is 11.8. The van der Waals surface area contributed by atoms with Crippen LogP contribution >= 0.6 is 0 Å². The number of hydrogen-bond acceptors (Lipinski definition) is 4. The van der Waals surface area contributed by atoms with Crippen molar-refractivity contribution in [2.24, 2.45) is 0 Å². The second-order valence-corrected chi connectivity index (χ2v) is 17.4. The van der Waals surface area contributed by atoms with Crippen molar-refractivity contribution < 1.29 is 20.1 Å². The lowest BCUT2D eigenvalue weighted by molar-refractivity contribution is -0.118. The van der Waals surface area contributed by atoms with Gasteiger partial charge < -0.3 is 20.6 Å². The van der Waals surface area contributed by atoms with Crippen LogP contribution < -0.4 is 5.32 Å². The summed E-state index contributed by atoms with van der Waals surface area (Å²) in [5.74, 6) is -0.242. The molecule has 0 saturated carbocycles. The summed E-state index contributed by atoms with van der Waals surface area (Å²) < 4.78 is 0. The van der Waals surface area contributed by atoms with Gasteiger partial charge in [0.1, 0.15) is 0 Å². The number of nitrogens with one attached hydrogen (secondary N) is 1. The van der Waals surface area contributed by atoms with Crippen LogP contribution in [0.5, 0.6) is 0 Å². The molecule has 0 spiro atoms. The molecule has 0 saturated heterocycles. The van der Waals surface area contributed by atoms with Crippen LogP contribution in [0.1, 0.15) is 270 Å². The molecule has 0 aliphatic heterocycles. The molecule has 332 valence electrons. The normalized spacial score (nSPS) is 13.0. The summed E-state index contributed by atoms with van der Waals surface area (Å²) in [5, 5.41) is 31.8. The topological polar surface area (TPSA) is 89.8 Å². The van der Waals surface area contributed by atoms with Gasteiger partial charge in [-0.3, -0.25) is 4.79 Å². The van der Waals surface area contributed by atoms with E-state index in [4.69, 9.17) is 5.11 Å². The zero-order chi connectivity index (χ0) is 40.7. The van der Waals surface area contributed by atoms with E-state index in [9.17, 15) is 15.0 Å². The first-order valence-corrected chi connectivity index (χ1v) is 25.2. The number of aliphatic hydroxyl groups excluding tert-OH is 3. The molecule has 0 aromatic carbocycles. The van der Waals surface area contributed by atoms with Crippen LogP contribution in [-0.4, -0.2) is 46.6 Å². The molecule has 4 N–H and O–H groups in total. The number of allylic oxidation sites excluding steroid dienone is 2. The molecule has 1 amide bonds. The molecule has 0 fully saturated rings. The average molecular weight is 790 g/mol. The molecule has 0 aromatic rings. The van der Waals surface area contributed by atoms with Gasteiger partial charge in [-0.2, -0.15) is 0 Å². The molecular weight excluding hydrogens is 691 g/mol. The predicted molar refractivity (Wildman–Crippen MR) is 245 cm³/mol. The van der Waals surface area contributed by atoms with Crippen molar-refractivity contribution in [1.82, 2.24) is 5.32 Å². The highest BCUT2D eigenvalue weighted by Gasteiger charge is 2.17. The van der Waals surface area contributed by atoms with Crippen LogP contribution in [0.15, 0.2) is 24.3 Å². The Morgan fingerprint density at radius 2 is 0.714 bits per heavy atom. The van der Waals surface area contributed by atoms with Gasteiger partial charge in [0.05, 0.1) is 18.8 Å². The summed E-state index contributed by atoms with van der Waals surface area (Å²) >= 11 is 0. The quantitative estimate of drug-likeness (QED) is 0.0281. The molecule has 5 nitrogen and oxygen atoms in total. The van der Waals surface area contributed by atoms with Gasteiger partial charge in [0.2, 0.25) is 5.91 Å². The van der Waals surface area contributed by atoms with Crippen molar-refractivity contribution in [3.8, 4) is 0 Å². The molecule has 0 aliphatic carbocycles. The fraction of sp³-hybridized carbons (Fsp3) is 0.902. The van der Waals surface area contributed by atoms with Gasteiger partial charge in [0, 0.05) is 6.61 Å². The highest BCUT2D eigenvalue weighted by molar-refractivity contribution is 5.87. The molecule has 0 aliphatic rings. The van der Waals surface area contributed by atoms with Crippen LogP contribution in [0.2, 0.25) is 0 Å². The Balaban J connectivity index is 3.52. The van der Waals surface area contributed by atoms with Crippen molar-refractivity contribution in [3.63, 3.8) is 0 Å². The second-order valence-electron chi connectivity index (χ2n) is 17.4. The molecule has 5 heteroatoms. The maximum atomic E-state index is 12.3.